The van der Waals surface area contributed by atoms with Crippen LogP contribution in [0.3, 0.4) is 0 Å². The maximum absolute atomic E-state index is 12.5. The molecule has 9 heteroatoms. The zero-order valence-electron chi connectivity index (χ0n) is 13.8. The van der Waals surface area contributed by atoms with Gasteiger partial charge in [-0.3, -0.25) is 10.1 Å². The van der Waals surface area contributed by atoms with Crippen molar-refractivity contribution in [3.63, 3.8) is 0 Å². The predicted molar refractivity (Wildman–Crippen MR) is 101 cm³/mol. The molecule has 3 amide bonds. The second-order valence-corrected chi connectivity index (χ2v) is 7.15. The van der Waals surface area contributed by atoms with Crippen LogP contribution in [0.1, 0.15) is 22.3 Å². The summed E-state index contributed by atoms with van der Waals surface area (Å²) in [4.78, 5) is 22.3. The molecule has 0 aliphatic heterocycles. The van der Waals surface area contributed by atoms with Crippen LogP contribution in [0, 0.1) is 0 Å². The van der Waals surface area contributed by atoms with Crippen LogP contribution in [-0.4, -0.2) is 22.9 Å². The van der Waals surface area contributed by atoms with Crippen molar-refractivity contribution >= 4 is 45.2 Å². The molecule has 144 valence electrons. The number of carbonyl (C=O) groups is 2. The van der Waals surface area contributed by atoms with E-state index in [0.29, 0.717) is 11.3 Å². The molecule has 1 unspecified atom stereocenters. The molecule has 2 aromatic carbocycles. The summed E-state index contributed by atoms with van der Waals surface area (Å²) in [6, 6.07) is 11.9. The minimum atomic E-state index is -4.28. The number of nitrogens with one attached hydrogen (secondary N) is 2. The van der Waals surface area contributed by atoms with Gasteiger partial charge in [0.2, 0.25) is 0 Å². The number of hydrogen-bond acceptors (Lipinski definition) is 2. The highest BCUT2D eigenvalue weighted by Gasteiger charge is 2.36. The normalized spacial score (nSPS) is 12.3. The molecule has 0 aliphatic carbocycles. The van der Waals surface area contributed by atoms with Crippen LogP contribution in [0.25, 0.3) is 0 Å². The molecule has 0 saturated heterocycles. The largest absolute Gasteiger partial charge is 0.401 e. The quantitative estimate of drug-likeness (QED) is 0.570. The summed E-state index contributed by atoms with van der Waals surface area (Å²) < 4.78 is 37.4. The van der Waals surface area contributed by atoms with Crippen molar-refractivity contribution in [3.8, 4) is 0 Å². The van der Waals surface area contributed by atoms with Crippen molar-refractivity contribution in [2.24, 2.45) is 0 Å². The van der Waals surface area contributed by atoms with E-state index in [1.807, 2.05) is 0 Å². The van der Waals surface area contributed by atoms with Gasteiger partial charge in [-0.15, -0.1) is 0 Å². The number of imide groups is 1. The summed E-state index contributed by atoms with van der Waals surface area (Å²) in [5.41, 5.74) is 1.26. The van der Waals surface area contributed by atoms with E-state index in [0.717, 1.165) is 0 Å². The Bertz CT molecular complexity index is 813. The number of anilines is 1. The SMILES string of the molecule is O=C(NC(=O)c1ccccc1Cl)Nc1ccc(CCC(Br)C(F)(F)F)cc1. The summed E-state index contributed by atoms with van der Waals surface area (Å²) in [5.74, 6) is -0.648. The van der Waals surface area contributed by atoms with E-state index in [2.05, 4.69) is 26.6 Å². The van der Waals surface area contributed by atoms with Crippen molar-refractivity contribution in [3.05, 3.63) is 64.7 Å². The van der Waals surface area contributed by atoms with Gasteiger partial charge < -0.3 is 5.32 Å². The third-order valence-electron chi connectivity index (χ3n) is 3.60. The van der Waals surface area contributed by atoms with E-state index in [9.17, 15) is 22.8 Å². The molecule has 0 saturated carbocycles. The molecule has 4 nitrogen and oxygen atoms in total. The molecule has 27 heavy (non-hydrogen) atoms. The van der Waals surface area contributed by atoms with E-state index in [1.165, 1.54) is 12.1 Å². The fourth-order valence-corrected chi connectivity index (χ4v) is 2.64. The van der Waals surface area contributed by atoms with Crippen molar-refractivity contribution < 1.29 is 22.8 Å². The van der Waals surface area contributed by atoms with Gasteiger partial charge in [-0.1, -0.05) is 51.8 Å². The third-order valence-corrected chi connectivity index (χ3v) is 4.91. The Kier molecular flexibility index (Phi) is 7.26. The molecule has 0 aliphatic rings. The first-order chi connectivity index (χ1) is 12.7. The van der Waals surface area contributed by atoms with E-state index in [-0.39, 0.29) is 23.4 Å². The van der Waals surface area contributed by atoms with E-state index in [4.69, 9.17) is 11.6 Å². The zero-order valence-corrected chi connectivity index (χ0v) is 16.2. The molecule has 1 atom stereocenters. The molecule has 0 spiro atoms. The highest BCUT2D eigenvalue weighted by atomic mass is 79.9. The summed E-state index contributed by atoms with van der Waals surface area (Å²) in [6.07, 6.45) is -4.15. The molecular weight excluding hydrogens is 449 g/mol. The fourth-order valence-electron chi connectivity index (χ4n) is 2.19. The van der Waals surface area contributed by atoms with Gasteiger partial charge in [0.05, 0.1) is 10.6 Å². The van der Waals surface area contributed by atoms with Crippen LogP contribution >= 0.6 is 27.5 Å². The Labute approximate surface area is 167 Å². The number of carbonyl (C=O) groups excluding carboxylic acids is 2. The second-order valence-electron chi connectivity index (χ2n) is 5.63. The highest BCUT2D eigenvalue weighted by Crippen LogP contribution is 2.29. The van der Waals surface area contributed by atoms with Crippen molar-refractivity contribution in [1.29, 1.82) is 0 Å². The Morgan fingerprint density at radius 3 is 2.30 bits per heavy atom. The van der Waals surface area contributed by atoms with Gasteiger partial charge in [0, 0.05) is 5.69 Å². The first-order valence-corrected chi connectivity index (χ1v) is 9.13. The first kappa shape index (κ1) is 21.2. The van der Waals surface area contributed by atoms with Crippen LogP contribution in [-0.2, 0) is 6.42 Å². The molecule has 0 bridgehead atoms. The van der Waals surface area contributed by atoms with E-state index in [1.54, 1.807) is 36.4 Å². The Morgan fingerprint density at radius 1 is 1.07 bits per heavy atom. The van der Waals surface area contributed by atoms with Gasteiger partial charge >= 0.3 is 12.2 Å². The van der Waals surface area contributed by atoms with Crippen LogP contribution < -0.4 is 10.6 Å². The Hall–Kier alpha value is -2.06. The smallest absolute Gasteiger partial charge is 0.308 e. The standard InChI is InChI=1S/C18H15BrClF3N2O2/c19-15(18(21,22)23)10-7-11-5-8-12(9-6-11)24-17(27)25-16(26)13-3-1-2-4-14(13)20/h1-6,8-9,15H,7,10H2,(H2,24,25,26,27). The lowest BCUT2D eigenvalue weighted by Gasteiger charge is -2.13. The Morgan fingerprint density at radius 2 is 1.70 bits per heavy atom. The molecule has 0 fully saturated rings. The fraction of sp³-hybridized carbons (Fsp3) is 0.222. The molecule has 0 aromatic heterocycles. The van der Waals surface area contributed by atoms with Gasteiger partial charge in [0.15, 0.2) is 0 Å². The van der Waals surface area contributed by atoms with Crippen LogP contribution in [0.2, 0.25) is 5.02 Å². The lowest BCUT2D eigenvalue weighted by molar-refractivity contribution is -0.128. The summed E-state index contributed by atoms with van der Waals surface area (Å²) in [6.45, 7) is 0. The van der Waals surface area contributed by atoms with E-state index < -0.39 is 22.9 Å². The number of halogens is 5. The number of rotatable bonds is 5. The van der Waals surface area contributed by atoms with Gasteiger partial charge in [-0.2, -0.15) is 13.2 Å². The van der Waals surface area contributed by atoms with Gasteiger partial charge in [-0.05, 0) is 42.7 Å². The maximum Gasteiger partial charge on any atom is 0.401 e. The first-order valence-electron chi connectivity index (χ1n) is 7.83. The number of benzene rings is 2. The van der Waals surface area contributed by atoms with E-state index >= 15 is 0 Å². The molecule has 2 N–H and O–H groups in total. The number of urea groups is 1. The number of aryl methyl sites for hydroxylation is 1. The lowest BCUT2D eigenvalue weighted by atomic mass is 10.1. The van der Waals surface area contributed by atoms with Crippen LogP contribution in [0.15, 0.2) is 48.5 Å². The number of hydrogen-bond donors (Lipinski definition) is 2. The van der Waals surface area contributed by atoms with Crippen LogP contribution in [0.5, 0.6) is 0 Å². The lowest BCUT2D eigenvalue weighted by Crippen LogP contribution is -2.34. The van der Waals surface area contributed by atoms with Gasteiger partial charge in [0.1, 0.15) is 4.83 Å². The van der Waals surface area contributed by atoms with Crippen molar-refractivity contribution in [2.45, 2.75) is 23.8 Å². The van der Waals surface area contributed by atoms with Crippen molar-refractivity contribution in [1.82, 2.24) is 5.32 Å². The van der Waals surface area contributed by atoms with Crippen molar-refractivity contribution in [2.75, 3.05) is 5.32 Å². The summed E-state index contributed by atoms with van der Waals surface area (Å²) in [7, 11) is 0. The maximum atomic E-state index is 12.5. The highest BCUT2D eigenvalue weighted by molar-refractivity contribution is 9.09. The molecular formula is C18H15BrClF3N2O2. The molecule has 2 rings (SSSR count). The topological polar surface area (TPSA) is 58.2 Å². The number of amides is 3. The monoisotopic (exact) mass is 462 g/mol. The molecule has 2 aromatic rings. The predicted octanol–water partition coefficient (Wildman–Crippen LogP) is 5.56. The minimum Gasteiger partial charge on any atom is -0.308 e. The van der Waals surface area contributed by atoms with Gasteiger partial charge in [0.25, 0.3) is 5.91 Å². The zero-order chi connectivity index (χ0) is 20.0. The summed E-state index contributed by atoms with van der Waals surface area (Å²) in [5, 5.41) is 4.85. The molecule has 0 radical (unpaired) electrons. The van der Waals surface area contributed by atoms with Gasteiger partial charge in [-0.25, -0.2) is 4.79 Å². The average molecular weight is 464 g/mol. The van der Waals surface area contributed by atoms with Crippen LogP contribution in [0.4, 0.5) is 23.7 Å². The molecule has 0 heterocycles. The third kappa shape index (κ3) is 6.55. The number of alkyl halides is 4. The summed E-state index contributed by atoms with van der Waals surface area (Å²) >= 11 is 8.51. The Balaban J connectivity index is 1.88. The second kappa shape index (κ2) is 9.23. The average Bonchev–Trinajstić information content (AvgIpc) is 2.60. The minimum absolute atomic E-state index is 0.0941.